The minimum Gasteiger partial charge on any atom is -0.495 e. The molecule has 0 heterocycles. The number of benzene rings is 1. The topological polar surface area (TPSA) is 96.9 Å². The first kappa shape index (κ1) is 16.1. The molecule has 20 heavy (non-hydrogen) atoms. The van der Waals surface area contributed by atoms with Gasteiger partial charge in [-0.3, -0.25) is 9.59 Å². The predicted octanol–water partition coefficient (Wildman–Crippen LogP) is 0.404. The molecule has 0 saturated carbocycles. The number of hydrogen-bond acceptors (Lipinski definition) is 5. The predicted molar refractivity (Wildman–Crippen MR) is 73.3 cm³/mol. The van der Waals surface area contributed by atoms with Gasteiger partial charge in [-0.15, -0.1) is 0 Å². The molecule has 0 radical (unpaired) electrons. The summed E-state index contributed by atoms with van der Waals surface area (Å²) in [5, 5.41) is 13.5. The molecule has 3 N–H and O–H groups in total. The number of aliphatic hydroxyl groups is 1. The van der Waals surface area contributed by atoms with Crippen molar-refractivity contribution in [3.05, 3.63) is 17.2 Å². The van der Waals surface area contributed by atoms with Crippen molar-refractivity contribution in [2.24, 2.45) is 0 Å². The molecule has 1 aromatic carbocycles. The zero-order valence-corrected chi connectivity index (χ0v) is 11.8. The van der Waals surface area contributed by atoms with Crippen LogP contribution in [0.1, 0.15) is 0 Å². The first-order chi connectivity index (χ1) is 9.53. The Balaban J connectivity index is 2.90. The Kier molecular flexibility index (Phi) is 6.08. The zero-order chi connectivity index (χ0) is 15.1. The molecule has 1 aromatic rings. The summed E-state index contributed by atoms with van der Waals surface area (Å²) in [6.45, 7) is -0.259. The summed E-state index contributed by atoms with van der Waals surface area (Å²) in [4.78, 5) is 23.0. The second kappa shape index (κ2) is 7.56. The number of aliphatic hydroxyl groups excluding tert-OH is 1. The standard InChI is InChI=1S/C12H15ClN2O5/c1-19-9-6-8(10(20-2)5-7(9)13)15-12(18)11(17)14-3-4-16/h5-6,16H,3-4H2,1-2H3,(H,14,17)(H,15,18). The second-order valence-corrected chi connectivity index (χ2v) is 4.03. The Hall–Kier alpha value is -1.99. The summed E-state index contributed by atoms with van der Waals surface area (Å²) in [6, 6.07) is 2.90. The monoisotopic (exact) mass is 302 g/mol. The van der Waals surface area contributed by atoms with Crippen LogP contribution in [0, 0.1) is 0 Å². The van der Waals surface area contributed by atoms with Crippen molar-refractivity contribution in [2.75, 3.05) is 32.7 Å². The summed E-state index contributed by atoms with van der Waals surface area (Å²) >= 11 is 5.92. The third-order valence-electron chi connectivity index (χ3n) is 2.33. The van der Waals surface area contributed by atoms with E-state index in [1.807, 2.05) is 0 Å². The lowest BCUT2D eigenvalue weighted by Gasteiger charge is -2.12. The van der Waals surface area contributed by atoms with Crippen LogP contribution in [0.15, 0.2) is 12.1 Å². The fourth-order valence-electron chi connectivity index (χ4n) is 1.39. The lowest BCUT2D eigenvalue weighted by molar-refractivity contribution is -0.136. The number of hydrogen-bond donors (Lipinski definition) is 3. The van der Waals surface area contributed by atoms with Gasteiger partial charge in [0.2, 0.25) is 0 Å². The van der Waals surface area contributed by atoms with Crippen LogP contribution in [0.3, 0.4) is 0 Å². The van der Waals surface area contributed by atoms with Crippen molar-refractivity contribution in [3.8, 4) is 11.5 Å². The molecule has 1 rings (SSSR count). The molecular weight excluding hydrogens is 288 g/mol. The largest absolute Gasteiger partial charge is 0.495 e. The first-order valence-electron chi connectivity index (χ1n) is 5.65. The maximum Gasteiger partial charge on any atom is 0.313 e. The lowest BCUT2D eigenvalue weighted by Crippen LogP contribution is -2.36. The highest BCUT2D eigenvalue weighted by Crippen LogP contribution is 2.35. The molecule has 0 bridgehead atoms. The van der Waals surface area contributed by atoms with Crippen molar-refractivity contribution in [1.82, 2.24) is 5.32 Å². The molecule has 7 nitrogen and oxygen atoms in total. The minimum absolute atomic E-state index is 0.00662. The number of methoxy groups -OCH3 is 2. The second-order valence-electron chi connectivity index (χ2n) is 3.62. The van der Waals surface area contributed by atoms with Crippen LogP contribution < -0.4 is 20.1 Å². The van der Waals surface area contributed by atoms with E-state index in [9.17, 15) is 9.59 Å². The van der Waals surface area contributed by atoms with E-state index in [4.69, 9.17) is 26.2 Å². The van der Waals surface area contributed by atoms with Gasteiger partial charge in [-0.05, 0) is 0 Å². The van der Waals surface area contributed by atoms with Gasteiger partial charge in [0.15, 0.2) is 0 Å². The van der Waals surface area contributed by atoms with Gasteiger partial charge in [0, 0.05) is 18.7 Å². The average Bonchev–Trinajstić information content (AvgIpc) is 2.45. The van der Waals surface area contributed by atoms with E-state index < -0.39 is 11.8 Å². The molecule has 0 atom stereocenters. The van der Waals surface area contributed by atoms with Crippen LogP contribution in [-0.4, -0.2) is 44.3 Å². The van der Waals surface area contributed by atoms with Gasteiger partial charge in [-0.25, -0.2) is 0 Å². The molecule has 2 amide bonds. The van der Waals surface area contributed by atoms with Crippen LogP contribution in [0.4, 0.5) is 5.69 Å². The number of anilines is 1. The Morgan fingerprint density at radius 1 is 1.20 bits per heavy atom. The normalized spacial score (nSPS) is 9.80. The number of nitrogens with one attached hydrogen (secondary N) is 2. The maximum atomic E-state index is 11.6. The van der Waals surface area contributed by atoms with E-state index in [1.54, 1.807) is 0 Å². The lowest BCUT2D eigenvalue weighted by atomic mass is 10.2. The number of halogens is 1. The molecule has 0 unspecified atom stereocenters. The first-order valence-corrected chi connectivity index (χ1v) is 6.02. The molecular formula is C12H15ClN2O5. The van der Waals surface area contributed by atoms with Crippen molar-refractivity contribution in [1.29, 1.82) is 0 Å². The summed E-state index contributed by atoms with van der Waals surface area (Å²) in [7, 11) is 2.83. The van der Waals surface area contributed by atoms with E-state index in [1.165, 1.54) is 26.4 Å². The highest BCUT2D eigenvalue weighted by atomic mass is 35.5. The van der Waals surface area contributed by atoms with Crippen molar-refractivity contribution < 1.29 is 24.2 Å². The van der Waals surface area contributed by atoms with Crippen molar-refractivity contribution >= 4 is 29.1 Å². The molecule has 8 heteroatoms. The Morgan fingerprint density at radius 3 is 2.40 bits per heavy atom. The van der Waals surface area contributed by atoms with E-state index in [0.29, 0.717) is 16.5 Å². The Bertz CT molecular complexity index is 507. The van der Waals surface area contributed by atoms with Crippen molar-refractivity contribution in [2.45, 2.75) is 0 Å². The summed E-state index contributed by atoms with van der Waals surface area (Å²) in [6.07, 6.45) is 0. The van der Waals surface area contributed by atoms with Crippen LogP contribution in [0.2, 0.25) is 5.02 Å². The van der Waals surface area contributed by atoms with Crippen LogP contribution in [0.5, 0.6) is 11.5 Å². The van der Waals surface area contributed by atoms with Gasteiger partial charge in [-0.2, -0.15) is 0 Å². The van der Waals surface area contributed by atoms with E-state index in [0.717, 1.165) is 0 Å². The van der Waals surface area contributed by atoms with Crippen LogP contribution in [0.25, 0.3) is 0 Å². The van der Waals surface area contributed by atoms with E-state index >= 15 is 0 Å². The van der Waals surface area contributed by atoms with Gasteiger partial charge in [0.25, 0.3) is 0 Å². The number of ether oxygens (including phenoxy) is 2. The van der Waals surface area contributed by atoms with E-state index in [2.05, 4.69) is 10.6 Å². The van der Waals surface area contributed by atoms with Crippen LogP contribution in [-0.2, 0) is 9.59 Å². The highest BCUT2D eigenvalue weighted by Gasteiger charge is 2.17. The molecule has 0 spiro atoms. The molecule has 0 aliphatic heterocycles. The van der Waals surface area contributed by atoms with Crippen LogP contribution >= 0.6 is 11.6 Å². The van der Waals surface area contributed by atoms with Gasteiger partial charge >= 0.3 is 11.8 Å². The Morgan fingerprint density at radius 2 is 1.85 bits per heavy atom. The summed E-state index contributed by atoms with van der Waals surface area (Å²) in [5.41, 5.74) is 0.248. The fourth-order valence-corrected chi connectivity index (χ4v) is 1.62. The van der Waals surface area contributed by atoms with Crippen molar-refractivity contribution in [3.63, 3.8) is 0 Å². The third kappa shape index (κ3) is 4.01. The fraction of sp³-hybridized carbons (Fsp3) is 0.333. The molecule has 0 aliphatic rings. The van der Waals surface area contributed by atoms with Gasteiger partial charge in [0.05, 0.1) is 31.5 Å². The van der Waals surface area contributed by atoms with Gasteiger partial charge in [0.1, 0.15) is 11.5 Å². The smallest absolute Gasteiger partial charge is 0.313 e. The number of rotatable bonds is 5. The molecule has 0 aromatic heterocycles. The average molecular weight is 303 g/mol. The Labute approximate surface area is 120 Å². The van der Waals surface area contributed by atoms with Gasteiger partial charge in [-0.1, -0.05) is 11.6 Å². The molecule has 0 aliphatic carbocycles. The molecule has 0 saturated heterocycles. The molecule has 0 fully saturated rings. The van der Waals surface area contributed by atoms with Gasteiger partial charge < -0.3 is 25.2 Å². The highest BCUT2D eigenvalue weighted by molar-refractivity contribution is 6.40. The number of carbonyl (C=O) groups excluding carboxylic acids is 2. The quantitative estimate of drug-likeness (QED) is 0.684. The molecule has 110 valence electrons. The third-order valence-corrected chi connectivity index (χ3v) is 2.62. The SMILES string of the molecule is COc1cc(NC(=O)C(=O)NCCO)c(OC)cc1Cl. The van der Waals surface area contributed by atoms with E-state index in [-0.39, 0.29) is 18.8 Å². The zero-order valence-electron chi connectivity index (χ0n) is 11.0. The maximum absolute atomic E-state index is 11.6. The number of amides is 2. The number of carbonyl (C=O) groups is 2. The summed E-state index contributed by atoms with van der Waals surface area (Å²) < 4.78 is 10.1. The minimum atomic E-state index is -0.888. The summed E-state index contributed by atoms with van der Waals surface area (Å²) in [5.74, 6) is -1.13.